The van der Waals surface area contributed by atoms with Crippen LogP contribution in [0.4, 0.5) is 0 Å². The fourth-order valence-corrected chi connectivity index (χ4v) is 5.87. The van der Waals surface area contributed by atoms with Crippen LogP contribution >= 0.6 is 0 Å². The van der Waals surface area contributed by atoms with E-state index in [1.165, 1.54) is 12.2 Å². The second-order valence-corrected chi connectivity index (χ2v) is 12.3. The van der Waals surface area contributed by atoms with E-state index in [0.29, 0.717) is 22.3 Å². The van der Waals surface area contributed by atoms with Gasteiger partial charge in [0.05, 0.1) is 24.3 Å². The van der Waals surface area contributed by atoms with Crippen molar-refractivity contribution in [2.45, 2.75) is 24.4 Å². The van der Waals surface area contributed by atoms with Gasteiger partial charge in [0.15, 0.2) is 12.2 Å². The van der Waals surface area contributed by atoms with Gasteiger partial charge in [-0.05, 0) is 81.2 Å². The number of hydrogen-bond donors (Lipinski definition) is 0. The lowest BCUT2D eigenvalue weighted by molar-refractivity contribution is -0.162. The molecule has 4 atom stereocenters. The van der Waals surface area contributed by atoms with Crippen LogP contribution in [0.2, 0.25) is 0 Å². The summed E-state index contributed by atoms with van der Waals surface area (Å²) in [6, 6.07) is 20.9. The average molecular weight is 763 g/mol. The third-order valence-corrected chi connectivity index (χ3v) is 8.64. The Labute approximate surface area is 319 Å². The van der Waals surface area contributed by atoms with Crippen LogP contribution in [0.3, 0.4) is 0 Å². The highest BCUT2D eigenvalue weighted by Crippen LogP contribution is 2.32. The molecule has 0 radical (unpaired) electrons. The zero-order valence-corrected chi connectivity index (χ0v) is 29.7. The van der Waals surface area contributed by atoms with Crippen LogP contribution < -0.4 is 0 Å². The Morgan fingerprint density at radius 2 is 0.911 bits per heavy atom. The smallest absolute Gasteiger partial charge is 0.338 e. The molecule has 0 amide bonds. The van der Waals surface area contributed by atoms with Gasteiger partial charge in [0.25, 0.3) is 0 Å². The molecule has 0 unspecified atom stereocenters. The number of carbonyl (C=O) groups excluding carboxylic acids is 6. The third kappa shape index (κ3) is 9.79. The average Bonchev–Trinajstić information content (AvgIpc) is 3.80. The number of esters is 6. The maximum Gasteiger partial charge on any atom is 0.338 e. The fourth-order valence-electron chi connectivity index (χ4n) is 5.87. The van der Waals surface area contributed by atoms with Gasteiger partial charge in [0.2, 0.25) is 13.6 Å². The maximum atomic E-state index is 13.2. The quantitative estimate of drug-likeness (QED) is 0.0724. The summed E-state index contributed by atoms with van der Waals surface area (Å²) < 4.78 is 42.1. The predicted octanol–water partition coefficient (Wildman–Crippen LogP) is 5.03. The molecule has 0 bridgehead atoms. The maximum absolute atomic E-state index is 13.2. The molecule has 0 aromatic heterocycles. The Balaban J connectivity index is 0.993. The van der Waals surface area contributed by atoms with E-state index in [1.54, 1.807) is 72.8 Å². The zero-order valence-electron chi connectivity index (χ0n) is 29.7. The van der Waals surface area contributed by atoms with Crippen molar-refractivity contribution in [2.24, 2.45) is 0 Å². The van der Waals surface area contributed by atoms with Crippen molar-refractivity contribution < 1.29 is 66.7 Å². The lowest BCUT2D eigenvalue weighted by Crippen LogP contribution is -2.36. The van der Waals surface area contributed by atoms with Crippen molar-refractivity contribution in [1.29, 1.82) is 0 Å². The van der Waals surface area contributed by atoms with Crippen LogP contribution in [0.15, 0.2) is 110 Å². The van der Waals surface area contributed by atoms with Gasteiger partial charge in [-0.15, -0.1) is 0 Å². The first-order valence-corrected chi connectivity index (χ1v) is 17.1. The lowest BCUT2D eigenvalue weighted by Gasteiger charge is -2.17. The van der Waals surface area contributed by atoms with Crippen molar-refractivity contribution >= 4 is 69.5 Å². The number of fused-ring (bicyclic) bond motifs is 3. The molecule has 2 heterocycles. The van der Waals surface area contributed by atoms with E-state index >= 15 is 0 Å². The van der Waals surface area contributed by atoms with Crippen LogP contribution in [0.25, 0.3) is 33.7 Å². The summed E-state index contributed by atoms with van der Waals surface area (Å²) in [6.07, 6.45) is 4.69. The van der Waals surface area contributed by atoms with Crippen molar-refractivity contribution in [3.05, 3.63) is 133 Å². The Hall–Kier alpha value is -6.90. The molecule has 14 heteroatoms. The van der Waals surface area contributed by atoms with E-state index in [9.17, 15) is 28.8 Å². The minimum atomic E-state index is -0.722. The van der Waals surface area contributed by atoms with Crippen molar-refractivity contribution in [3.63, 3.8) is 0 Å². The summed E-state index contributed by atoms with van der Waals surface area (Å²) in [7, 11) is 0. The van der Waals surface area contributed by atoms with Crippen LogP contribution in [0, 0.1) is 0 Å². The van der Waals surface area contributed by atoms with Crippen LogP contribution in [0.1, 0.15) is 31.8 Å². The normalized spacial score (nSPS) is 18.6. The first kappa shape index (κ1) is 38.8. The number of hydrogen-bond acceptors (Lipinski definition) is 14. The molecule has 2 fully saturated rings. The van der Waals surface area contributed by atoms with E-state index in [4.69, 9.17) is 28.4 Å². The van der Waals surface area contributed by atoms with Crippen LogP contribution in [-0.2, 0) is 57.1 Å². The van der Waals surface area contributed by atoms with Gasteiger partial charge in [-0.1, -0.05) is 49.6 Å². The molecule has 56 heavy (non-hydrogen) atoms. The van der Waals surface area contributed by atoms with Gasteiger partial charge >= 0.3 is 35.8 Å². The van der Waals surface area contributed by atoms with E-state index < -0.39 is 73.8 Å². The molecule has 0 N–H and O–H groups in total. The molecule has 0 aliphatic carbocycles. The minimum absolute atomic E-state index is 0.0603. The third-order valence-electron chi connectivity index (χ3n) is 8.64. The predicted molar refractivity (Wildman–Crippen MR) is 198 cm³/mol. The summed E-state index contributed by atoms with van der Waals surface area (Å²) in [4.78, 5) is 72.2. The van der Waals surface area contributed by atoms with E-state index in [1.807, 2.05) is 12.1 Å². The number of benzene rings is 4. The summed E-state index contributed by atoms with van der Waals surface area (Å²) in [5.74, 6) is -3.96. The van der Waals surface area contributed by atoms with Gasteiger partial charge in [0.1, 0.15) is 12.2 Å². The second-order valence-electron chi connectivity index (χ2n) is 12.3. The van der Waals surface area contributed by atoms with Gasteiger partial charge in [0, 0.05) is 24.3 Å². The number of ether oxygens (including phenoxy) is 8. The minimum Gasteiger partial charge on any atom is -0.453 e. The molecule has 2 aliphatic heterocycles. The summed E-state index contributed by atoms with van der Waals surface area (Å²) in [6.45, 7) is 5.57. The Morgan fingerprint density at radius 3 is 1.32 bits per heavy atom. The Morgan fingerprint density at radius 1 is 0.536 bits per heavy atom. The lowest BCUT2D eigenvalue weighted by atomic mass is 10.0. The molecule has 4 aromatic carbocycles. The number of carbonyl (C=O) groups is 6. The van der Waals surface area contributed by atoms with E-state index in [2.05, 4.69) is 22.6 Å². The topological polar surface area (TPSA) is 176 Å². The fraction of sp³-hybridized carbons (Fsp3) is 0.190. The highest BCUT2D eigenvalue weighted by atomic mass is 16.7. The molecule has 2 aliphatic rings. The van der Waals surface area contributed by atoms with Crippen LogP contribution in [0.5, 0.6) is 0 Å². The molecule has 0 saturated carbocycles. The molecule has 0 spiro atoms. The zero-order chi connectivity index (χ0) is 39.6. The molecule has 4 aromatic rings. The van der Waals surface area contributed by atoms with Gasteiger partial charge in [-0.25, -0.2) is 28.8 Å². The SMILES string of the molecule is C=CC(=O)OCOC(=O)/C=C/c1ccc2cc(C(=O)O[C@H]3CO[C@H]4[C@@H]3OC[C@H]4OC(=O)c3ccc4cc(/C=C/C(=O)OCOC(=O)C=C)ccc4c3)ccc2c1. The largest absolute Gasteiger partial charge is 0.453 e. The van der Waals surface area contributed by atoms with Crippen molar-refractivity contribution in [3.8, 4) is 0 Å². The highest BCUT2D eigenvalue weighted by molar-refractivity contribution is 5.98. The Kier molecular flexibility index (Phi) is 12.4. The summed E-state index contributed by atoms with van der Waals surface area (Å²) in [5.41, 5.74) is 2.03. The second kappa shape index (κ2) is 18.0. The molecule has 14 nitrogen and oxygen atoms in total. The highest BCUT2D eigenvalue weighted by Gasteiger charge is 2.51. The first-order chi connectivity index (χ1) is 27.1. The van der Waals surface area contributed by atoms with Crippen molar-refractivity contribution in [2.75, 3.05) is 26.8 Å². The molecule has 2 saturated heterocycles. The van der Waals surface area contributed by atoms with Gasteiger partial charge in [-0.2, -0.15) is 0 Å². The van der Waals surface area contributed by atoms with Crippen LogP contribution in [-0.4, -0.2) is 87.0 Å². The number of rotatable bonds is 14. The van der Waals surface area contributed by atoms with E-state index in [-0.39, 0.29) is 13.2 Å². The van der Waals surface area contributed by atoms with Gasteiger partial charge in [-0.3, -0.25) is 0 Å². The standard InChI is InChI=1S/C42H34O14/c1-3-35(43)51-23-53-37(45)15-7-25-5-9-29-19-31(13-11-27(29)17-25)41(47)55-33-21-49-40-34(22-50-39(33)40)56-42(48)32-14-12-28-18-26(6-10-30(28)20-32)8-16-38(46)54-24-52-36(44)4-2/h3-20,33-34,39-40H,1-2,21-24H2/b15-7+,16-8+/t33-,34+,39-,40-/m1/s1. The van der Waals surface area contributed by atoms with Gasteiger partial charge < -0.3 is 37.9 Å². The molecular weight excluding hydrogens is 728 g/mol. The van der Waals surface area contributed by atoms with E-state index in [0.717, 1.165) is 33.7 Å². The monoisotopic (exact) mass is 762 g/mol. The first-order valence-electron chi connectivity index (χ1n) is 17.1. The van der Waals surface area contributed by atoms with Crippen molar-refractivity contribution in [1.82, 2.24) is 0 Å². The molecular formula is C42H34O14. The Bertz CT molecular complexity index is 2110. The molecule has 6 rings (SSSR count). The molecule has 286 valence electrons. The summed E-state index contributed by atoms with van der Waals surface area (Å²) in [5, 5.41) is 3.13. The summed E-state index contributed by atoms with van der Waals surface area (Å²) >= 11 is 0.